The van der Waals surface area contributed by atoms with Gasteiger partial charge in [-0.25, -0.2) is 0 Å². The first-order chi connectivity index (χ1) is 8.22. The number of aromatic nitrogens is 2. The Morgan fingerprint density at radius 1 is 1.71 bits per heavy atom. The summed E-state index contributed by atoms with van der Waals surface area (Å²) >= 11 is 1.61. The van der Waals surface area contributed by atoms with E-state index in [0.717, 1.165) is 31.6 Å². The highest BCUT2D eigenvalue weighted by Crippen LogP contribution is 2.26. The van der Waals surface area contributed by atoms with Crippen molar-refractivity contribution < 1.29 is 4.79 Å². The maximum absolute atomic E-state index is 12.1. The van der Waals surface area contributed by atoms with Gasteiger partial charge >= 0.3 is 0 Å². The predicted octanol–water partition coefficient (Wildman–Crippen LogP) is 1.87. The third-order valence-electron chi connectivity index (χ3n) is 3.40. The second kappa shape index (κ2) is 5.58. The molecular formula is C12H19N3OS. The van der Waals surface area contributed by atoms with E-state index >= 15 is 0 Å². The van der Waals surface area contributed by atoms with Gasteiger partial charge in [-0.15, -0.1) is 0 Å². The van der Waals surface area contributed by atoms with Crippen LogP contribution in [0, 0.1) is 0 Å². The van der Waals surface area contributed by atoms with Crippen molar-refractivity contribution in [1.29, 1.82) is 0 Å². The summed E-state index contributed by atoms with van der Waals surface area (Å²) in [5.41, 5.74) is 1.15. The SMILES string of the molecule is CSC(C)C(=O)N1CCCC(c2ccn[nH]2)C1. The molecule has 94 valence electrons. The Morgan fingerprint density at radius 3 is 3.18 bits per heavy atom. The number of hydrogen-bond acceptors (Lipinski definition) is 3. The molecule has 2 rings (SSSR count). The molecule has 1 aromatic heterocycles. The van der Waals surface area contributed by atoms with Crippen LogP contribution in [0.1, 0.15) is 31.4 Å². The number of rotatable bonds is 3. The van der Waals surface area contributed by atoms with Crippen molar-refractivity contribution in [3.63, 3.8) is 0 Å². The molecule has 4 nitrogen and oxygen atoms in total. The smallest absolute Gasteiger partial charge is 0.235 e. The fourth-order valence-corrected chi connectivity index (χ4v) is 2.63. The van der Waals surface area contributed by atoms with Gasteiger partial charge in [0, 0.05) is 30.9 Å². The van der Waals surface area contributed by atoms with E-state index in [9.17, 15) is 4.79 Å². The normalized spacial score (nSPS) is 22.5. The number of thioether (sulfide) groups is 1. The van der Waals surface area contributed by atoms with Gasteiger partial charge < -0.3 is 4.90 Å². The first-order valence-electron chi connectivity index (χ1n) is 6.03. The zero-order valence-electron chi connectivity index (χ0n) is 10.3. The average molecular weight is 253 g/mol. The lowest BCUT2D eigenvalue weighted by Crippen LogP contribution is -2.42. The van der Waals surface area contributed by atoms with Gasteiger partial charge in [0.25, 0.3) is 0 Å². The molecule has 2 atom stereocenters. The maximum Gasteiger partial charge on any atom is 0.235 e. The fourth-order valence-electron chi connectivity index (χ4n) is 2.28. The summed E-state index contributed by atoms with van der Waals surface area (Å²) in [7, 11) is 0. The number of amides is 1. The molecule has 5 heteroatoms. The molecule has 1 aromatic rings. The molecule has 1 aliphatic rings. The topological polar surface area (TPSA) is 49.0 Å². The van der Waals surface area contributed by atoms with Gasteiger partial charge in [-0.05, 0) is 32.1 Å². The molecule has 0 saturated carbocycles. The number of likely N-dealkylation sites (tertiary alicyclic amines) is 1. The monoisotopic (exact) mass is 253 g/mol. The molecular weight excluding hydrogens is 234 g/mol. The Morgan fingerprint density at radius 2 is 2.53 bits per heavy atom. The molecule has 2 unspecified atom stereocenters. The summed E-state index contributed by atoms with van der Waals surface area (Å²) in [4.78, 5) is 14.1. The van der Waals surface area contributed by atoms with Crippen molar-refractivity contribution in [3.05, 3.63) is 18.0 Å². The number of hydrogen-bond donors (Lipinski definition) is 1. The van der Waals surface area contributed by atoms with E-state index < -0.39 is 0 Å². The van der Waals surface area contributed by atoms with Crippen molar-refractivity contribution in [1.82, 2.24) is 15.1 Å². The summed E-state index contributed by atoms with van der Waals surface area (Å²) in [6.07, 6.45) is 5.98. The van der Waals surface area contributed by atoms with Crippen LogP contribution in [0.4, 0.5) is 0 Å². The van der Waals surface area contributed by atoms with E-state index in [-0.39, 0.29) is 11.2 Å². The largest absolute Gasteiger partial charge is 0.341 e. The van der Waals surface area contributed by atoms with Crippen LogP contribution < -0.4 is 0 Å². The zero-order valence-corrected chi connectivity index (χ0v) is 11.2. The second-order valence-electron chi connectivity index (χ2n) is 4.51. The Balaban J connectivity index is 2.00. The average Bonchev–Trinajstić information content (AvgIpc) is 2.91. The highest BCUT2D eigenvalue weighted by Gasteiger charge is 2.27. The van der Waals surface area contributed by atoms with Crippen molar-refractivity contribution in [2.75, 3.05) is 19.3 Å². The van der Waals surface area contributed by atoms with Crippen LogP contribution in [0.25, 0.3) is 0 Å². The van der Waals surface area contributed by atoms with Crippen molar-refractivity contribution in [2.45, 2.75) is 30.9 Å². The summed E-state index contributed by atoms with van der Waals surface area (Å²) < 4.78 is 0. The number of aromatic amines is 1. The van der Waals surface area contributed by atoms with Gasteiger partial charge in [0.1, 0.15) is 0 Å². The highest BCUT2D eigenvalue weighted by molar-refractivity contribution is 7.99. The van der Waals surface area contributed by atoms with Gasteiger partial charge in [-0.1, -0.05) is 0 Å². The molecule has 2 heterocycles. The number of carbonyl (C=O) groups excluding carboxylic acids is 1. The first kappa shape index (κ1) is 12.5. The van der Waals surface area contributed by atoms with Crippen molar-refractivity contribution >= 4 is 17.7 Å². The minimum atomic E-state index is 0.0653. The molecule has 1 N–H and O–H groups in total. The van der Waals surface area contributed by atoms with E-state index in [1.165, 1.54) is 0 Å². The standard InChI is InChI=1S/C12H19N3OS/c1-9(17-2)12(16)15-7-3-4-10(8-15)11-5-6-13-14-11/h5-6,9-10H,3-4,7-8H2,1-2H3,(H,13,14). The first-order valence-corrected chi connectivity index (χ1v) is 7.32. The number of nitrogens with one attached hydrogen (secondary N) is 1. The van der Waals surface area contributed by atoms with Crippen molar-refractivity contribution in [2.24, 2.45) is 0 Å². The zero-order chi connectivity index (χ0) is 12.3. The van der Waals surface area contributed by atoms with Gasteiger partial charge in [0.2, 0.25) is 5.91 Å². The van der Waals surface area contributed by atoms with E-state index in [1.54, 1.807) is 18.0 Å². The van der Waals surface area contributed by atoms with Crippen LogP contribution in [-0.2, 0) is 4.79 Å². The highest BCUT2D eigenvalue weighted by atomic mass is 32.2. The van der Waals surface area contributed by atoms with Crippen LogP contribution in [0.15, 0.2) is 12.3 Å². The lowest BCUT2D eigenvalue weighted by molar-refractivity contribution is -0.131. The van der Waals surface area contributed by atoms with E-state index in [0.29, 0.717) is 5.92 Å². The molecule has 0 bridgehead atoms. The van der Waals surface area contributed by atoms with Crippen molar-refractivity contribution in [3.8, 4) is 0 Å². The van der Waals surface area contributed by atoms with Crippen LogP contribution in [0.5, 0.6) is 0 Å². The minimum absolute atomic E-state index is 0.0653. The molecule has 0 aromatic carbocycles. The van der Waals surface area contributed by atoms with Gasteiger partial charge in [-0.3, -0.25) is 9.89 Å². The fraction of sp³-hybridized carbons (Fsp3) is 0.667. The molecule has 0 radical (unpaired) electrons. The van der Waals surface area contributed by atoms with E-state index in [2.05, 4.69) is 10.2 Å². The number of nitrogens with zero attached hydrogens (tertiary/aromatic N) is 2. The minimum Gasteiger partial charge on any atom is -0.341 e. The summed E-state index contributed by atoms with van der Waals surface area (Å²) in [5.74, 6) is 0.686. The van der Waals surface area contributed by atoms with Crippen LogP contribution in [-0.4, -0.2) is 45.6 Å². The maximum atomic E-state index is 12.1. The van der Waals surface area contributed by atoms with Crippen LogP contribution >= 0.6 is 11.8 Å². The summed E-state index contributed by atoms with van der Waals surface area (Å²) in [6, 6.07) is 2.01. The van der Waals surface area contributed by atoms with E-state index in [1.807, 2.05) is 24.1 Å². The Bertz CT molecular complexity index is 366. The quantitative estimate of drug-likeness (QED) is 0.894. The second-order valence-corrected chi connectivity index (χ2v) is 5.69. The Labute approximate surface area is 106 Å². The van der Waals surface area contributed by atoms with Gasteiger partial charge in [-0.2, -0.15) is 16.9 Å². The number of piperidine rings is 1. The lowest BCUT2D eigenvalue weighted by atomic mass is 9.95. The number of H-pyrrole nitrogens is 1. The summed E-state index contributed by atoms with van der Waals surface area (Å²) in [5, 5.41) is 7.07. The molecule has 17 heavy (non-hydrogen) atoms. The third kappa shape index (κ3) is 2.83. The number of carbonyl (C=O) groups is 1. The molecule has 1 aliphatic heterocycles. The molecule has 1 amide bonds. The molecule has 1 saturated heterocycles. The molecule has 0 aliphatic carbocycles. The van der Waals surface area contributed by atoms with Gasteiger partial charge in [0.05, 0.1) is 5.25 Å². The Hall–Kier alpha value is -0.970. The van der Waals surface area contributed by atoms with Crippen LogP contribution in [0.2, 0.25) is 0 Å². The molecule has 1 fully saturated rings. The molecule has 0 spiro atoms. The van der Waals surface area contributed by atoms with E-state index in [4.69, 9.17) is 0 Å². The van der Waals surface area contributed by atoms with Crippen LogP contribution in [0.3, 0.4) is 0 Å². The predicted molar refractivity (Wildman–Crippen MR) is 70.1 cm³/mol. The van der Waals surface area contributed by atoms with Gasteiger partial charge in [0.15, 0.2) is 0 Å². The lowest BCUT2D eigenvalue weighted by Gasteiger charge is -2.33. The third-order valence-corrected chi connectivity index (χ3v) is 4.31. The summed E-state index contributed by atoms with van der Waals surface area (Å²) in [6.45, 7) is 3.70. The Kier molecular flexibility index (Phi) is 4.10.